The molecule has 124 valence electrons. The fraction of sp³-hybridized carbons (Fsp3) is 0.300. The number of nitrogens with one attached hydrogen (secondary N) is 1. The zero-order valence-electron chi connectivity index (χ0n) is 14.2. The zero-order valence-corrected chi connectivity index (χ0v) is 14.2. The molecule has 0 aliphatic rings. The van der Waals surface area contributed by atoms with Crippen LogP contribution in [-0.4, -0.2) is 16.1 Å². The summed E-state index contributed by atoms with van der Waals surface area (Å²) in [5, 5.41) is 4.21. The van der Waals surface area contributed by atoms with Crippen LogP contribution < -0.4 is 10.9 Å². The van der Waals surface area contributed by atoms with Gasteiger partial charge in [-0.1, -0.05) is 49.4 Å². The van der Waals surface area contributed by atoms with E-state index in [-0.39, 0.29) is 11.6 Å². The van der Waals surface area contributed by atoms with E-state index in [0.29, 0.717) is 5.39 Å². The van der Waals surface area contributed by atoms with E-state index in [9.17, 15) is 4.79 Å². The van der Waals surface area contributed by atoms with Gasteiger partial charge in [0.25, 0.3) is 5.56 Å². The highest BCUT2D eigenvalue weighted by atomic mass is 16.1. The molecule has 1 atom stereocenters. The van der Waals surface area contributed by atoms with Crippen molar-refractivity contribution in [3.8, 4) is 0 Å². The van der Waals surface area contributed by atoms with Crippen molar-refractivity contribution in [1.29, 1.82) is 0 Å². The first kappa shape index (κ1) is 16.4. The standard InChI is InChI=1S/C20H23N3O/c1-3-17(21-14-13-15-9-5-4-6-10-15)19-22-18-12-8-7-11-16(18)20(24)23(19)2/h4-12,17,21H,3,13-14H2,1-2H3/t17-/m1/s1. The molecule has 0 fully saturated rings. The third-order valence-electron chi connectivity index (χ3n) is 4.38. The van der Waals surface area contributed by atoms with E-state index in [2.05, 4.69) is 36.5 Å². The van der Waals surface area contributed by atoms with E-state index < -0.39 is 0 Å². The summed E-state index contributed by atoms with van der Waals surface area (Å²) in [5.41, 5.74) is 2.08. The van der Waals surface area contributed by atoms with Gasteiger partial charge in [-0.05, 0) is 37.1 Å². The average molecular weight is 321 g/mol. The van der Waals surface area contributed by atoms with Crippen LogP contribution in [0.15, 0.2) is 59.4 Å². The summed E-state index contributed by atoms with van der Waals surface area (Å²) in [5.74, 6) is 0.800. The highest BCUT2D eigenvalue weighted by Crippen LogP contribution is 2.16. The minimum Gasteiger partial charge on any atom is -0.307 e. The Bertz CT molecular complexity index is 871. The highest BCUT2D eigenvalue weighted by molar-refractivity contribution is 5.77. The van der Waals surface area contributed by atoms with E-state index >= 15 is 0 Å². The minimum atomic E-state index is 0.0129. The first-order valence-electron chi connectivity index (χ1n) is 8.43. The first-order chi connectivity index (χ1) is 11.7. The quantitative estimate of drug-likeness (QED) is 0.758. The van der Waals surface area contributed by atoms with E-state index in [1.54, 1.807) is 11.6 Å². The molecule has 3 rings (SSSR count). The van der Waals surface area contributed by atoms with E-state index in [1.807, 2.05) is 30.3 Å². The molecule has 4 nitrogen and oxygen atoms in total. The third kappa shape index (κ3) is 3.39. The number of hydrogen-bond donors (Lipinski definition) is 1. The molecule has 0 spiro atoms. The van der Waals surface area contributed by atoms with Crippen LogP contribution in [0.25, 0.3) is 10.9 Å². The predicted octanol–water partition coefficient (Wildman–Crippen LogP) is 3.22. The number of aromatic nitrogens is 2. The normalized spacial score (nSPS) is 12.4. The summed E-state index contributed by atoms with van der Waals surface area (Å²) >= 11 is 0. The van der Waals surface area contributed by atoms with Gasteiger partial charge >= 0.3 is 0 Å². The predicted molar refractivity (Wildman–Crippen MR) is 98.2 cm³/mol. The van der Waals surface area contributed by atoms with Gasteiger partial charge in [-0.25, -0.2) is 4.98 Å². The van der Waals surface area contributed by atoms with E-state index in [0.717, 1.165) is 30.7 Å². The second kappa shape index (κ2) is 7.41. The van der Waals surface area contributed by atoms with Gasteiger partial charge in [-0.3, -0.25) is 9.36 Å². The van der Waals surface area contributed by atoms with Crippen molar-refractivity contribution in [2.45, 2.75) is 25.8 Å². The van der Waals surface area contributed by atoms with Crippen molar-refractivity contribution in [3.63, 3.8) is 0 Å². The molecule has 3 aromatic rings. The Morgan fingerprint density at radius 1 is 1.08 bits per heavy atom. The van der Waals surface area contributed by atoms with Gasteiger partial charge < -0.3 is 5.32 Å². The maximum absolute atomic E-state index is 12.6. The van der Waals surface area contributed by atoms with Crippen molar-refractivity contribution in [3.05, 3.63) is 76.3 Å². The molecule has 4 heteroatoms. The van der Waals surface area contributed by atoms with Gasteiger partial charge in [0, 0.05) is 7.05 Å². The van der Waals surface area contributed by atoms with Crippen LogP contribution in [0.5, 0.6) is 0 Å². The van der Waals surface area contributed by atoms with Gasteiger partial charge in [0.2, 0.25) is 0 Å². The number of benzene rings is 2. The van der Waals surface area contributed by atoms with Crippen LogP contribution in [0, 0.1) is 0 Å². The molecule has 0 saturated heterocycles. The summed E-state index contributed by atoms with van der Waals surface area (Å²) in [6, 6.07) is 18.0. The molecule has 1 aromatic heterocycles. The summed E-state index contributed by atoms with van der Waals surface area (Å²) in [7, 11) is 1.80. The molecular weight excluding hydrogens is 298 g/mol. The molecule has 0 radical (unpaired) electrons. The van der Waals surface area contributed by atoms with Gasteiger partial charge in [0.15, 0.2) is 0 Å². The maximum atomic E-state index is 12.6. The lowest BCUT2D eigenvalue weighted by atomic mass is 10.1. The lowest BCUT2D eigenvalue weighted by molar-refractivity contribution is 0.477. The Labute approximate surface area is 142 Å². The minimum absolute atomic E-state index is 0.0129. The topological polar surface area (TPSA) is 46.9 Å². The van der Waals surface area contributed by atoms with E-state index in [1.165, 1.54) is 5.56 Å². The fourth-order valence-corrected chi connectivity index (χ4v) is 3.00. The van der Waals surface area contributed by atoms with Crippen LogP contribution in [-0.2, 0) is 13.5 Å². The average Bonchev–Trinajstić information content (AvgIpc) is 2.63. The van der Waals surface area contributed by atoms with Gasteiger partial charge in [-0.15, -0.1) is 0 Å². The number of rotatable bonds is 6. The van der Waals surface area contributed by atoms with Crippen LogP contribution in [0.4, 0.5) is 0 Å². The molecule has 1 heterocycles. The third-order valence-corrected chi connectivity index (χ3v) is 4.38. The van der Waals surface area contributed by atoms with Crippen molar-refractivity contribution < 1.29 is 0 Å². The van der Waals surface area contributed by atoms with E-state index in [4.69, 9.17) is 4.98 Å². The van der Waals surface area contributed by atoms with Crippen molar-refractivity contribution in [2.75, 3.05) is 6.54 Å². The fourth-order valence-electron chi connectivity index (χ4n) is 3.00. The molecule has 1 N–H and O–H groups in total. The Kier molecular flexibility index (Phi) is 5.06. The Hall–Kier alpha value is -2.46. The Morgan fingerprint density at radius 3 is 2.54 bits per heavy atom. The van der Waals surface area contributed by atoms with Crippen molar-refractivity contribution in [1.82, 2.24) is 14.9 Å². The number of fused-ring (bicyclic) bond motifs is 1. The lowest BCUT2D eigenvalue weighted by Gasteiger charge is -2.19. The highest BCUT2D eigenvalue weighted by Gasteiger charge is 2.16. The van der Waals surface area contributed by atoms with Crippen LogP contribution >= 0.6 is 0 Å². The van der Waals surface area contributed by atoms with Crippen molar-refractivity contribution >= 4 is 10.9 Å². The number of hydrogen-bond acceptors (Lipinski definition) is 3. The molecular formula is C20H23N3O. The molecule has 0 bridgehead atoms. The van der Waals surface area contributed by atoms with Crippen LogP contribution in [0.3, 0.4) is 0 Å². The molecule has 24 heavy (non-hydrogen) atoms. The van der Waals surface area contributed by atoms with Crippen LogP contribution in [0.1, 0.15) is 30.8 Å². The van der Waals surface area contributed by atoms with Crippen LogP contribution in [0.2, 0.25) is 0 Å². The largest absolute Gasteiger partial charge is 0.307 e. The monoisotopic (exact) mass is 321 g/mol. The Balaban J connectivity index is 1.81. The second-order valence-electron chi connectivity index (χ2n) is 6.00. The van der Waals surface area contributed by atoms with Gasteiger partial charge in [-0.2, -0.15) is 0 Å². The van der Waals surface area contributed by atoms with Gasteiger partial charge in [0.1, 0.15) is 5.82 Å². The summed E-state index contributed by atoms with van der Waals surface area (Å²) in [6.45, 7) is 2.97. The maximum Gasteiger partial charge on any atom is 0.261 e. The smallest absolute Gasteiger partial charge is 0.261 e. The van der Waals surface area contributed by atoms with Gasteiger partial charge in [0.05, 0.1) is 16.9 Å². The summed E-state index contributed by atoms with van der Waals surface area (Å²) < 4.78 is 1.67. The molecule has 0 saturated carbocycles. The summed E-state index contributed by atoms with van der Waals surface area (Å²) in [6.07, 6.45) is 1.84. The molecule has 0 amide bonds. The number of para-hydroxylation sites is 1. The lowest BCUT2D eigenvalue weighted by Crippen LogP contribution is -2.31. The SMILES string of the molecule is CC[C@@H](NCCc1ccccc1)c1nc2ccccc2c(=O)n1C. The summed E-state index contributed by atoms with van der Waals surface area (Å²) in [4.78, 5) is 17.3. The number of nitrogens with zero attached hydrogens (tertiary/aromatic N) is 2. The molecule has 0 aliphatic carbocycles. The molecule has 0 unspecified atom stereocenters. The molecule has 2 aromatic carbocycles. The molecule has 0 aliphatic heterocycles. The van der Waals surface area contributed by atoms with Crippen molar-refractivity contribution in [2.24, 2.45) is 7.05 Å². The first-order valence-corrected chi connectivity index (χ1v) is 8.43. The second-order valence-corrected chi connectivity index (χ2v) is 6.00. The Morgan fingerprint density at radius 2 is 1.79 bits per heavy atom. The zero-order chi connectivity index (χ0) is 16.9.